The standard InChI is InChI=1S/C17H10Cl2FNO2S2/c1-23-14-6-5-9(7-12(14)19)21-16(22)15(25-17(21)24)8-10-11(18)3-2-4-13(10)20/h2-8H,1H3. The van der Waals surface area contributed by atoms with Crippen LogP contribution in [0.2, 0.25) is 10.0 Å². The highest BCUT2D eigenvalue weighted by Crippen LogP contribution is 2.39. The maximum absolute atomic E-state index is 14.0. The lowest BCUT2D eigenvalue weighted by Gasteiger charge is -2.15. The number of anilines is 1. The van der Waals surface area contributed by atoms with Crippen molar-refractivity contribution < 1.29 is 13.9 Å². The molecule has 1 amide bonds. The average Bonchev–Trinajstić information content (AvgIpc) is 2.85. The molecular weight excluding hydrogens is 404 g/mol. The highest BCUT2D eigenvalue weighted by Gasteiger charge is 2.34. The number of carbonyl (C=O) groups excluding carboxylic acids is 1. The molecule has 0 aromatic heterocycles. The van der Waals surface area contributed by atoms with E-state index in [0.29, 0.717) is 20.8 Å². The molecule has 3 nitrogen and oxygen atoms in total. The van der Waals surface area contributed by atoms with Crippen LogP contribution in [0, 0.1) is 5.82 Å². The van der Waals surface area contributed by atoms with Gasteiger partial charge in [0.25, 0.3) is 5.91 Å². The molecular formula is C17H10Cl2FNO2S2. The Morgan fingerprint density at radius 1 is 1.24 bits per heavy atom. The molecule has 1 heterocycles. The monoisotopic (exact) mass is 413 g/mol. The summed E-state index contributed by atoms with van der Waals surface area (Å²) in [7, 11) is 1.50. The average molecular weight is 414 g/mol. The molecule has 128 valence electrons. The van der Waals surface area contributed by atoms with Gasteiger partial charge in [-0.2, -0.15) is 0 Å². The Labute approximate surface area is 163 Å². The lowest BCUT2D eigenvalue weighted by molar-refractivity contribution is -0.113. The number of rotatable bonds is 3. The van der Waals surface area contributed by atoms with E-state index in [1.54, 1.807) is 24.3 Å². The molecule has 0 spiro atoms. The molecule has 0 bridgehead atoms. The summed E-state index contributed by atoms with van der Waals surface area (Å²) in [4.78, 5) is 14.3. The number of nitrogens with zero attached hydrogens (tertiary/aromatic N) is 1. The van der Waals surface area contributed by atoms with E-state index in [-0.39, 0.29) is 21.4 Å². The minimum absolute atomic E-state index is 0.150. The van der Waals surface area contributed by atoms with Gasteiger partial charge in [0.15, 0.2) is 4.32 Å². The molecule has 1 saturated heterocycles. The first-order valence-electron chi connectivity index (χ1n) is 6.98. The normalized spacial score (nSPS) is 16.0. The molecule has 8 heteroatoms. The van der Waals surface area contributed by atoms with Gasteiger partial charge < -0.3 is 4.74 Å². The Morgan fingerprint density at radius 2 is 2.00 bits per heavy atom. The van der Waals surface area contributed by atoms with Crippen LogP contribution in [0.1, 0.15) is 5.56 Å². The number of ether oxygens (including phenoxy) is 1. The first-order chi connectivity index (χ1) is 11.9. The summed E-state index contributed by atoms with van der Waals surface area (Å²) in [5, 5.41) is 0.577. The smallest absolute Gasteiger partial charge is 0.270 e. The van der Waals surface area contributed by atoms with Crippen LogP contribution < -0.4 is 9.64 Å². The van der Waals surface area contributed by atoms with Gasteiger partial charge in [-0.25, -0.2) is 4.39 Å². The summed E-state index contributed by atoms with van der Waals surface area (Å²) in [6, 6.07) is 9.24. The third kappa shape index (κ3) is 3.53. The van der Waals surface area contributed by atoms with Crippen molar-refractivity contribution in [1.29, 1.82) is 0 Å². The number of methoxy groups -OCH3 is 1. The van der Waals surface area contributed by atoms with E-state index in [4.69, 9.17) is 40.2 Å². The topological polar surface area (TPSA) is 29.5 Å². The second-order valence-corrected chi connectivity index (χ2v) is 7.46. The largest absolute Gasteiger partial charge is 0.495 e. The fourth-order valence-electron chi connectivity index (χ4n) is 2.26. The highest BCUT2D eigenvalue weighted by atomic mass is 35.5. The van der Waals surface area contributed by atoms with E-state index in [9.17, 15) is 9.18 Å². The summed E-state index contributed by atoms with van der Waals surface area (Å²) in [6.45, 7) is 0. The van der Waals surface area contributed by atoms with Crippen molar-refractivity contribution in [2.75, 3.05) is 12.0 Å². The van der Waals surface area contributed by atoms with Gasteiger partial charge in [-0.3, -0.25) is 9.69 Å². The Balaban J connectivity index is 1.98. The maximum Gasteiger partial charge on any atom is 0.270 e. The van der Waals surface area contributed by atoms with Gasteiger partial charge in [0.1, 0.15) is 11.6 Å². The fourth-order valence-corrected chi connectivity index (χ4v) is 4.01. The molecule has 1 fully saturated rings. The molecule has 0 aliphatic carbocycles. The predicted molar refractivity (Wildman–Crippen MR) is 105 cm³/mol. The van der Waals surface area contributed by atoms with Gasteiger partial charge in [-0.1, -0.05) is 53.2 Å². The number of carbonyl (C=O) groups is 1. The summed E-state index contributed by atoms with van der Waals surface area (Å²) >= 11 is 18.5. The van der Waals surface area contributed by atoms with Crippen molar-refractivity contribution in [2.24, 2.45) is 0 Å². The number of hydrogen-bond acceptors (Lipinski definition) is 4. The first kappa shape index (κ1) is 18.2. The van der Waals surface area contributed by atoms with E-state index in [2.05, 4.69) is 0 Å². The quantitative estimate of drug-likeness (QED) is 0.487. The van der Waals surface area contributed by atoms with Gasteiger partial charge in [-0.05, 0) is 36.4 Å². The summed E-state index contributed by atoms with van der Waals surface area (Å²) in [6.07, 6.45) is 1.40. The zero-order chi connectivity index (χ0) is 18.1. The van der Waals surface area contributed by atoms with Gasteiger partial charge in [0, 0.05) is 5.56 Å². The number of thioether (sulfide) groups is 1. The van der Waals surface area contributed by atoms with Crippen LogP contribution in [0.5, 0.6) is 5.75 Å². The number of benzene rings is 2. The zero-order valence-corrected chi connectivity index (χ0v) is 15.9. The van der Waals surface area contributed by atoms with E-state index in [1.165, 1.54) is 30.2 Å². The number of amides is 1. The zero-order valence-electron chi connectivity index (χ0n) is 12.8. The molecule has 2 aromatic carbocycles. The lowest BCUT2D eigenvalue weighted by atomic mass is 10.2. The summed E-state index contributed by atoms with van der Waals surface area (Å²) < 4.78 is 19.4. The SMILES string of the molecule is COc1ccc(N2C(=O)C(=Cc3c(F)cccc3Cl)SC2=S)cc1Cl. The van der Waals surface area contributed by atoms with Crippen molar-refractivity contribution in [3.8, 4) is 5.75 Å². The predicted octanol–water partition coefficient (Wildman–Crippen LogP) is 5.55. The van der Waals surface area contributed by atoms with Crippen LogP contribution >= 0.6 is 47.2 Å². The number of hydrogen-bond donors (Lipinski definition) is 0. The van der Waals surface area contributed by atoms with Crippen LogP contribution in [0.4, 0.5) is 10.1 Å². The first-order valence-corrected chi connectivity index (χ1v) is 8.96. The van der Waals surface area contributed by atoms with Gasteiger partial charge in [0.05, 0.1) is 27.7 Å². The van der Waals surface area contributed by atoms with Crippen molar-refractivity contribution in [2.45, 2.75) is 0 Å². The van der Waals surface area contributed by atoms with E-state index < -0.39 is 5.82 Å². The fraction of sp³-hybridized carbons (Fsp3) is 0.0588. The van der Waals surface area contributed by atoms with Crippen molar-refractivity contribution in [1.82, 2.24) is 0 Å². The van der Waals surface area contributed by atoms with Crippen molar-refractivity contribution in [3.63, 3.8) is 0 Å². The van der Waals surface area contributed by atoms with Crippen molar-refractivity contribution >= 4 is 69.2 Å². The molecule has 1 aliphatic rings. The van der Waals surface area contributed by atoms with E-state index in [1.807, 2.05) is 0 Å². The molecule has 0 unspecified atom stereocenters. The minimum Gasteiger partial charge on any atom is -0.495 e. The molecule has 25 heavy (non-hydrogen) atoms. The molecule has 2 aromatic rings. The van der Waals surface area contributed by atoms with Crippen LogP contribution in [-0.2, 0) is 4.79 Å². The minimum atomic E-state index is -0.509. The molecule has 0 saturated carbocycles. The van der Waals surface area contributed by atoms with Crippen molar-refractivity contribution in [3.05, 3.63) is 62.7 Å². The Hall–Kier alpha value is -1.60. The van der Waals surface area contributed by atoms with Crippen LogP contribution in [-0.4, -0.2) is 17.3 Å². The van der Waals surface area contributed by atoms with Gasteiger partial charge >= 0.3 is 0 Å². The number of thiocarbonyl (C=S) groups is 1. The van der Waals surface area contributed by atoms with Crippen LogP contribution in [0.3, 0.4) is 0 Å². The molecule has 0 atom stereocenters. The van der Waals surface area contributed by atoms with E-state index in [0.717, 1.165) is 11.8 Å². The Kier molecular flexibility index (Phi) is 5.34. The second-order valence-electron chi connectivity index (χ2n) is 4.97. The van der Waals surface area contributed by atoms with Crippen LogP contribution in [0.15, 0.2) is 41.3 Å². The van der Waals surface area contributed by atoms with Gasteiger partial charge in [-0.15, -0.1) is 0 Å². The number of halogens is 3. The summed E-state index contributed by atoms with van der Waals surface area (Å²) in [5.74, 6) is -0.384. The molecule has 3 rings (SSSR count). The third-order valence-corrected chi connectivity index (χ3v) is 5.39. The van der Waals surface area contributed by atoms with E-state index >= 15 is 0 Å². The molecule has 0 N–H and O–H groups in total. The van der Waals surface area contributed by atoms with Gasteiger partial charge in [0.2, 0.25) is 0 Å². The molecule has 0 radical (unpaired) electrons. The molecule has 1 aliphatic heterocycles. The Morgan fingerprint density at radius 3 is 2.64 bits per heavy atom. The van der Waals surface area contributed by atoms with Crippen LogP contribution in [0.25, 0.3) is 6.08 Å². The summed E-state index contributed by atoms with van der Waals surface area (Å²) in [5.41, 5.74) is 0.661. The Bertz CT molecular complexity index is 897. The second kappa shape index (κ2) is 7.33. The third-order valence-electron chi connectivity index (χ3n) is 3.46. The highest BCUT2D eigenvalue weighted by molar-refractivity contribution is 8.27. The maximum atomic E-state index is 14.0. The lowest BCUT2D eigenvalue weighted by Crippen LogP contribution is -2.27.